The van der Waals surface area contributed by atoms with Crippen molar-refractivity contribution < 1.29 is 27.8 Å². The molecular weight excluding hydrogens is 270 g/mol. The van der Waals surface area contributed by atoms with Gasteiger partial charge in [0.25, 0.3) is 0 Å². The average molecular weight is 282 g/mol. The number of benzene rings is 1. The van der Waals surface area contributed by atoms with Crippen LogP contribution in [0.5, 0.6) is 0 Å². The zero-order valence-electron chi connectivity index (χ0n) is 10.7. The zero-order valence-corrected chi connectivity index (χ0v) is 10.7. The van der Waals surface area contributed by atoms with Crippen LogP contribution in [0.3, 0.4) is 0 Å². The fourth-order valence-corrected chi connectivity index (χ4v) is 2.01. The van der Waals surface area contributed by atoms with E-state index >= 15 is 0 Å². The lowest BCUT2D eigenvalue weighted by atomic mass is 9.87. The van der Waals surface area contributed by atoms with Gasteiger partial charge in [-0.15, -0.1) is 0 Å². The van der Waals surface area contributed by atoms with Gasteiger partial charge in [-0.1, -0.05) is 0 Å². The first-order valence-electron chi connectivity index (χ1n) is 5.99. The highest BCUT2D eigenvalue weighted by molar-refractivity contribution is 5.96. The Balaban J connectivity index is 2.54. The Morgan fingerprint density at radius 1 is 1.35 bits per heavy atom. The molecule has 0 aliphatic carbocycles. The van der Waals surface area contributed by atoms with E-state index < -0.39 is 29.0 Å². The number of halogens is 2. The number of carbonyl (C=O) groups excluding carboxylic acids is 2. The second kappa shape index (κ2) is 5.40. The van der Waals surface area contributed by atoms with Crippen LogP contribution < -0.4 is 0 Å². The number of esters is 1. The van der Waals surface area contributed by atoms with Crippen molar-refractivity contribution in [2.24, 2.45) is 0 Å². The Hall–Kier alpha value is -2.24. The topological polar surface area (TPSA) is 52.6 Å². The number of carbonyl (C=O) groups is 2. The maximum absolute atomic E-state index is 13.3. The van der Waals surface area contributed by atoms with Gasteiger partial charge in [0, 0.05) is 17.7 Å². The lowest BCUT2D eigenvalue weighted by Gasteiger charge is -2.32. The zero-order chi connectivity index (χ0) is 14.8. The van der Waals surface area contributed by atoms with E-state index in [0.29, 0.717) is 6.07 Å². The van der Waals surface area contributed by atoms with E-state index in [4.69, 9.17) is 9.47 Å². The van der Waals surface area contributed by atoms with Crippen molar-refractivity contribution in [1.29, 1.82) is 0 Å². The molecule has 2 rings (SSSR count). The van der Waals surface area contributed by atoms with Crippen LogP contribution in [-0.2, 0) is 24.7 Å². The van der Waals surface area contributed by atoms with Crippen molar-refractivity contribution in [3.63, 3.8) is 0 Å². The molecule has 1 heterocycles. The number of hydrogen-bond donors (Lipinski definition) is 0. The molecule has 0 saturated heterocycles. The maximum atomic E-state index is 13.3. The van der Waals surface area contributed by atoms with Crippen LogP contribution in [0.4, 0.5) is 8.78 Å². The molecule has 0 radical (unpaired) electrons. The minimum absolute atomic E-state index is 0.0552. The van der Waals surface area contributed by atoms with E-state index in [1.165, 1.54) is 0 Å². The molecule has 1 unspecified atom stereocenters. The second-order valence-electron chi connectivity index (χ2n) is 4.27. The van der Waals surface area contributed by atoms with Gasteiger partial charge in [0.15, 0.2) is 5.78 Å². The summed E-state index contributed by atoms with van der Waals surface area (Å²) in [5, 5.41) is 0. The van der Waals surface area contributed by atoms with Gasteiger partial charge >= 0.3 is 5.97 Å². The van der Waals surface area contributed by atoms with Crippen molar-refractivity contribution in [3.8, 4) is 0 Å². The molecule has 1 atom stereocenters. The molecule has 1 aliphatic heterocycles. The van der Waals surface area contributed by atoms with Gasteiger partial charge in [0.1, 0.15) is 11.6 Å². The molecule has 6 heteroatoms. The molecule has 0 aromatic heterocycles. The molecule has 0 fully saturated rings. The minimum Gasteiger partial charge on any atom is -0.478 e. The maximum Gasteiger partial charge on any atom is 0.355 e. The Kier molecular flexibility index (Phi) is 3.83. The van der Waals surface area contributed by atoms with Gasteiger partial charge < -0.3 is 9.47 Å². The fraction of sp³-hybridized carbons (Fsp3) is 0.286. The van der Waals surface area contributed by atoms with E-state index in [2.05, 4.69) is 0 Å². The standard InChI is InChI=1S/C14H12F2O4/c1-2-19-13(18)14(8-12(17)3-4-20-14)9-5-10(15)7-11(16)6-9/h3-7H,2,8H2,1H3. The predicted octanol–water partition coefficient (Wildman–Crippen LogP) is 2.23. The van der Waals surface area contributed by atoms with Crippen molar-refractivity contribution >= 4 is 11.8 Å². The highest BCUT2D eigenvalue weighted by Gasteiger charge is 2.47. The Morgan fingerprint density at radius 2 is 2.00 bits per heavy atom. The van der Waals surface area contributed by atoms with E-state index in [0.717, 1.165) is 24.5 Å². The van der Waals surface area contributed by atoms with Gasteiger partial charge in [-0.05, 0) is 19.1 Å². The molecule has 0 spiro atoms. The summed E-state index contributed by atoms with van der Waals surface area (Å²) in [6, 6.07) is 2.57. The number of ether oxygens (including phenoxy) is 2. The van der Waals surface area contributed by atoms with Crippen LogP contribution in [0.1, 0.15) is 18.9 Å². The first-order chi connectivity index (χ1) is 9.48. The highest BCUT2D eigenvalue weighted by atomic mass is 19.1. The largest absolute Gasteiger partial charge is 0.478 e. The minimum atomic E-state index is -1.84. The normalized spacial score (nSPS) is 21.4. The summed E-state index contributed by atoms with van der Waals surface area (Å²) in [7, 11) is 0. The van der Waals surface area contributed by atoms with Crippen LogP contribution in [0.15, 0.2) is 30.5 Å². The van der Waals surface area contributed by atoms with Crippen molar-refractivity contribution in [1.82, 2.24) is 0 Å². The summed E-state index contributed by atoms with van der Waals surface area (Å²) in [5.41, 5.74) is -1.93. The van der Waals surface area contributed by atoms with Gasteiger partial charge in [-0.2, -0.15) is 0 Å². The molecule has 0 bridgehead atoms. The Bertz CT molecular complexity index is 562. The first-order valence-corrected chi connectivity index (χ1v) is 5.99. The second-order valence-corrected chi connectivity index (χ2v) is 4.27. The summed E-state index contributed by atoms with van der Waals surface area (Å²) < 4.78 is 36.8. The summed E-state index contributed by atoms with van der Waals surface area (Å²) in [6.45, 7) is 1.64. The molecule has 1 aromatic rings. The number of hydrogen-bond acceptors (Lipinski definition) is 4. The van der Waals surface area contributed by atoms with Gasteiger partial charge in [0.2, 0.25) is 5.60 Å². The lowest BCUT2D eigenvalue weighted by Crippen LogP contribution is -2.42. The fourth-order valence-electron chi connectivity index (χ4n) is 2.01. The molecule has 4 nitrogen and oxygen atoms in total. The molecule has 0 amide bonds. The number of ketones is 1. The third-order valence-electron chi connectivity index (χ3n) is 2.88. The average Bonchev–Trinajstić information content (AvgIpc) is 2.37. The third kappa shape index (κ3) is 2.54. The quantitative estimate of drug-likeness (QED) is 0.798. The molecule has 106 valence electrons. The molecule has 0 N–H and O–H groups in total. The van der Waals surface area contributed by atoms with Crippen molar-refractivity contribution in [3.05, 3.63) is 47.7 Å². The highest BCUT2D eigenvalue weighted by Crippen LogP contribution is 2.35. The SMILES string of the molecule is CCOC(=O)C1(c2cc(F)cc(F)c2)CC(=O)C=CO1. The predicted molar refractivity (Wildman–Crippen MR) is 64.5 cm³/mol. The molecule has 20 heavy (non-hydrogen) atoms. The summed E-state index contributed by atoms with van der Waals surface area (Å²) in [6.07, 6.45) is 1.81. The Labute approximate surface area is 114 Å². The number of rotatable bonds is 3. The van der Waals surface area contributed by atoms with Crippen LogP contribution >= 0.6 is 0 Å². The molecular formula is C14H12F2O4. The monoisotopic (exact) mass is 282 g/mol. The van der Waals surface area contributed by atoms with E-state index in [1.807, 2.05) is 0 Å². The smallest absolute Gasteiger partial charge is 0.355 e. The van der Waals surface area contributed by atoms with Crippen LogP contribution in [0.25, 0.3) is 0 Å². The Morgan fingerprint density at radius 3 is 2.55 bits per heavy atom. The number of allylic oxidation sites excluding steroid dienone is 1. The first kappa shape index (κ1) is 14.2. The molecule has 1 aliphatic rings. The van der Waals surface area contributed by atoms with E-state index in [9.17, 15) is 18.4 Å². The molecule has 0 saturated carbocycles. The van der Waals surface area contributed by atoms with Crippen molar-refractivity contribution in [2.75, 3.05) is 6.61 Å². The summed E-state index contributed by atoms with van der Waals surface area (Å²) >= 11 is 0. The van der Waals surface area contributed by atoms with Crippen molar-refractivity contribution in [2.45, 2.75) is 18.9 Å². The molecule has 1 aromatic carbocycles. The van der Waals surface area contributed by atoms with Crippen LogP contribution in [0, 0.1) is 11.6 Å². The van der Waals surface area contributed by atoms with Gasteiger partial charge in [-0.3, -0.25) is 4.79 Å². The third-order valence-corrected chi connectivity index (χ3v) is 2.88. The van der Waals surface area contributed by atoms with E-state index in [-0.39, 0.29) is 18.6 Å². The van der Waals surface area contributed by atoms with Crippen LogP contribution in [-0.4, -0.2) is 18.4 Å². The lowest BCUT2D eigenvalue weighted by molar-refractivity contribution is -0.170. The van der Waals surface area contributed by atoms with Crippen LogP contribution in [0.2, 0.25) is 0 Å². The summed E-state index contributed by atoms with van der Waals surface area (Å²) in [5.74, 6) is -2.99. The van der Waals surface area contributed by atoms with Gasteiger partial charge in [-0.25, -0.2) is 13.6 Å². The van der Waals surface area contributed by atoms with E-state index in [1.54, 1.807) is 6.92 Å². The van der Waals surface area contributed by atoms with Gasteiger partial charge in [0.05, 0.1) is 19.3 Å². The summed E-state index contributed by atoms with van der Waals surface area (Å²) in [4.78, 5) is 23.7.